The Hall–Kier alpha value is -0.700. The van der Waals surface area contributed by atoms with Crippen molar-refractivity contribution in [3.8, 4) is 0 Å². The molecule has 13 heavy (non-hydrogen) atoms. The predicted octanol–water partition coefficient (Wildman–Crippen LogP) is -0.168. The zero-order chi connectivity index (χ0) is 10.9. The molecule has 8 heteroatoms. The minimum absolute atomic E-state index is 0.481. The summed E-state index contributed by atoms with van der Waals surface area (Å²) in [4.78, 5) is -0.829. The zero-order valence-electron chi connectivity index (χ0n) is 6.47. The molecule has 0 fully saturated rings. The van der Waals surface area contributed by atoms with E-state index in [0.717, 1.165) is 0 Å². The smallest absolute Gasteiger partial charge is 0.285 e. The van der Waals surface area contributed by atoms with Gasteiger partial charge in [0.05, 0.1) is 4.91 Å². The molecule has 0 saturated carbocycles. The summed E-state index contributed by atoms with van der Waals surface area (Å²) in [7, 11) is -8.91. The van der Waals surface area contributed by atoms with Gasteiger partial charge in [0.2, 0.25) is 0 Å². The fourth-order valence-electron chi connectivity index (χ4n) is 0.483. The topological polar surface area (TPSA) is 109 Å². The number of rotatable bonds is 4. The molecule has 0 heterocycles. The van der Waals surface area contributed by atoms with E-state index in [4.69, 9.17) is 9.11 Å². The molecule has 0 aliphatic heterocycles. The van der Waals surface area contributed by atoms with Crippen molar-refractivity contribution in [1.82, 2.24) is 0 Å². The summed E-state index contributed by atoms with van der Waals surface area (Å²) in [6.45, 7) is 5.93. The lowest BCUT2D eigenvalue weighted by Crippen LogP contribution is -2.11. The summed E-state index contributed by atoms with van der Waals surface area (Å²) >= 11 is 0. The van der Waals surface area contributed by atoms with Gasteiger partial charge in [0.15, 0.2) is 0 Å². The van der Waals surface area contributed by atoms with Crippen LogP contribution in [0.2, 0.25) is 0 Å². The van der Waals surface area contributed by atoms with E-state index < -0.39 is 36.5 Å². The molecule has 2 N–H and O–H groups in total. The molecule has 0 aromatic heterocycles. The van der Waals surface area contributed by atoms with Gasteiger partial charge in [-0.15, -0.1) is 0 Å². The molecule has 0 aromatic rings. The molecule has 0 bridgehead atoms. The average Bonchev–Trinajstić information content (AvgIpc) is 1.79. The summed E-state index contributed by atoms with van der Waals surface area (Å²) in [6, 6.07) is 0. The lowest BCUT2D eigenvalue weighted by Gasteiger charge is -2.03. The second-order valence-corrected chi connectivity index (χ2v) is 5.12. The molecular weight excluding hydrogens is 220 g/mol. The first-order chi connectivity index (χ1) is 5.54. The van der Waals surface area contributed by atoms with Gasteiger partial charge in [-0.3, -0.25) is 9.11 Å². The molecule has 76 valence electrons. The number of hydrogen-bond donors (Lipinski definition) is 2. The first-order valence-electron chi connectivity index (χ1n) is 2.84. The fraction of sp³-hybridized carbons (Fsp3) is 0.200. The van der Waals surface area contributed by atoms with E-state index in [-0.39, 0.29) is 0 Å². The Morgan fingerprint density at radius 2 is 1.46 bits per heavy atom. The minimum Gasteiger partial charge on any atom is -0.285 e. The second-order valence-electron chi connectivity index (χ2n) is 2.23. The third-order valence-electron chi connectivity index (χ3n) is 1.06. The molecule has 0 aromatic carbocycles. The Bertz CT molecular complexity index is 426. The maximum Gasteiger partial charge on any atom is 0.294 e. The van der Waals surface area contributed by atoms with Crippen LogP contribution in [0, 0.1) is 0 Å². The highest BCUT2D eigenvalue weighted by molar-refractivity contribution is 7.90. The summed E-state index contributed by atoms with van der Waals surface area (Å²) in [5.74, 6) is -0.981. The molecule has 0 rings (SSSR count). The molecule has 0 spiro atoms. The highest BCUT2D eigenvalue weighted by Gasteiger charge is 2.18. The Balaban J connectivity index is 4.79. The molecule has 0 radical (unpaired) electrons. The average molecular weight is 228 g/mol. The van der Waals surface area contributed by atoms with Gasteiger partial charge in [-0.1, -0.05) is 13.2 Å². The predicted molar refractivity (Wildman–Crippen MR) is 46.2 cm³/mol. The van der Waals surface area contributed by atoms with Crippen LogP contribution in [0.5, 0.6) is 0 Å². The Kier molecular flexibility index (Phi) is 3.39. The van der Waals surface area contributed by atoms with Crippen LogP contribution in [-0.2, 0) is 20.2 Å². The van der Waals surface area contributed by atoms with Crippen LogP contribution in [0.25, 0.3) is 0 Å². The lowest BCUT2D eigenvalue weighted by atomic mass is 10.3. The van der Waals surface area contributed by atoms with Crippen molar-refractivity contribution >= 4 is 20.2 Å². The van der Waals surface area contributed by atoms with E-state index in [1.54, 1.807) is 0 Å². The van der Waals surface area contributed by atoms with Crippen LogP contribution in [-0.4, -0.2) is 31.7 Å². The summed E-state index contributed by atoms with van der Waals surface area (Å²) < 4.78 is 57.9. The zero-order valence-corrected chi connectivity index (χ0v) is 8.10. The van der Waals surface area contributed by atoms with Gasteiger partial charge in [-0.2, -0.15) is 16.8 Å². The molecule has 0 atom stereocenters. The monoisotopic (exact) mass is 228 g/mol. The van der Waals surface area contributed by atoms with Crippen molar-refractivity contribution in [2.24, 2.45) is 0 Å². The summed E-state index contributed by atoms with van der Waals surface area (Å²) in [5, 5.41) is 0. The molecule has 0 aliphatic rings. The van der Waals surface area contributed by atoms with Gasteiger partial charge < -0.3 is 0 Å². The summed E-state index contributed by atoms with van der Waals surface area (Å²) in [5.41, 5.74) is -0.481. The maximum atomic E-state index is 10.4. The standard InChI is InChI=1S/C5H8O6S2/c1-4(3-12(6,7)8)5(2)13(9,10)11/h1-3H2,(H,6,7,8)(H,9,10,11). The molecule has 0 saturated heterocycles. The van der Waals surface area contributed by atoms with Gasteiger partial charge in [0.25, 0.3) is 20.2 Å². The molecule has 6 nitrogen and oxygen atoms in total. The second kappa shape index (κ2) is 3.58. The van der Waals surface area contributed by atoms with E-state index >= 15 is 0 Å². The van der Waals surface area contributed by atoms with Crippen LogP contribution >= 0.6 is 0 Å². The molecule has 0 aliphatic carbocycles. The van der Waals surface area contributed by atoms with Crippen molar-refractivity contribution < 1.29 is 25.9 Å². The third-order valence-corrected chi connectivity index (χ3v) is 2.69. The van der Waals surface area contributed by atoms with Crippen molar-refractivity contribution in [1.29, 1.82) is 0 Å². The van der Waals surface area contributed by atoms with Crippen LogP contribution in [0.3, 0.4) is 0 Å². The van der Waals surface area contributed by atoms with Gasteiger partial charge in [0, 0.05) is 0 Å². The molecule has 0 unspecified atom stereocenters. The van der Waals surface area contributed by atoms with E-state index in [2.05, 4.69) is 13.2 Å². The van der Waals surface area contributed by atoms with Gasteiger partial charge >= 0.3 is 0 Å². The minimum atomic E-state index is -4.54. The van der Waals surface area contributed by atoms with Gasteiger partial charge in [-0.25, -0.2) is 0 Å². The quantitative estimate of drug-likeness (QED) is 0.511. The SMILES string of the molecule is C=C(CS(=O)(=O)O)C(=C)S(=O)(=O)O. The Morgan fingerprint density at radius 1 is 1.08 bits per heavy atom. The fourth-order valence-corrected chi connectivity index (χ4v) is 1.63. The first kappa shape index (κ1) is 12.3. The van der Waals surface area contributed by atoms with Crippen LogP contribution in [0.4, 0.5) is 0 Å². The number of hydrogen-bond acceptors (Lipinski definition) is 4. The van der Waals surface area contributed by atoms with Crippen LogP contribution in [0.15, 0.2) is 23.6 Å². The van der Waals surface area contributed by atoms with Gasteiger partial charge in [0.1, 0.15) is 5.75 Å². The van der Waals surface area contributed by atoms with Crippen LogP contribution < -0.4 is 0 Å². The van der Waals surface area contributed by atoms with E-state index in [0.29, 0.717) is 0 Å². The Morgan fingerprint density at radius 3 is 1.69 bits per heavy atom. The van der Waals surface area contributed by atoms with Crippen molar-refractivity contribution in [2.75, 3.05) is 5.75 Å². The highest BCUT2D eigenvalue weighted by Crippen LogP contribution is 2.12. The van der Waals surface area contributed by atoms with E-state index in [1.807, 2.05) is 0 Å². The largest absolute Gasteiger partial charge is 0.294 e. The lowest BCUT2D eigenvalue weighted by molar-refractivity contribution is 0.486. The van der Waals surface area contributed by atoms with E-state index in [1.165, 1.54) is 0 Å². The van der Waals surface area contributed by atoms with E-state index in [9.17, 15) is 16.8 Å². The van der Waals surface area contributed by atoms with Crippen molar-refractivity contribution in [3.05, 3.63) is 23.6 Å². The van der Waals surface area contributed by atoms with Gasteiger partial charge in [-0.05, 0) is 5.57 Å². The normalized spacial score (nSPS) is 12.5. The Labute approximate surface area is 76.1 Å². The van der Waals surface area contributed by atoms with Crippen molar-refractivity contribution in [2.45, 2.75) is 0 Å². The first-order valence-corrected chi connectivity index (χ1v) is 5.88. The summed E-state index contributed by atoms with van der Waals surface area (Å²) in [6.07, 6.45) is 0. The van der Waals surface area contributed by atoms with Crippen molar-refractivity contribution in [3.63, 3.8) is 0 Å². The molecular formula is C5H8O6S2. The highest BCUT2D eigenvalue weighted by atomic mass is 32.2. The third kappa shape index (κ3) is 4.78. The molecule has 0 amide bonds. The maximum absolute atomic E-state index is 10.4. The number of allylic oxidation sites excluding steroid dienone is 1. The van der Waals surface area contributed by atoms with Crippen LogP contribution in [0.1, 0.15) is 0 Å².